The third-order valence-corrected chi connectivity index (χ3v) is 9.23. The Morgan fingerprint density at radius 2 is 1.02 bits per heavy atom. The number of rotatable bonds is 4. The normalized spacial score (nSPS) is 11.6. The topological polar surface area (TPSA) is 26.0 Å². The van der Waals surface area contributed by atoms with Crippen LogP contribution in [0.5, 0.6) is 0 Å². The summed E-state index contributed by atoms with van der Waals surface area (Å²) in [7, 11) is 0. The molecule has 0 fully saturated rings. The van der Waals surface area contributed by atoms with Crippen LogP contribution in [0.4, 0.5) is 0 Å². The zero-order chi connectivity index (χ0) is 32.5. The first-order chi connectivity index (χ1) is 23.1. The van der Waals surface area contributed by atoms with Crippen LogP contribution in [0, 0.1) is 6.92 Å². The fraction of sp³-hybridized carbons (Fsp3) is 0.0435. The molecule has 8 rings (SSSR count). The van der Waals surface area contributed by atoms with Crippen LogP contribution in [0.25, 0.3) is 82.2 Å². The molecule has 1 nitrogen and oxygen atoms in total. The molecule has 0 amide bonds. The van der Waals surface area contributed by atoms with Crippen LogP contribution in [0.15, 0.2) is 165 Å². The molecule has 0 bridgehead atoms. The number of allylic oxidation sites excluding steroid dienone is 1. The van der Waals surface area contributed by atoms with Gasteiger partial charge >= 0.3 is 0 Å². The van der Waals surface area contributed by atoms with Crippen molar-refractivity contribution in [2.75, 3.05) is 0 Å². The maximum absolute atomic E-state index is 6.31. The average molecular weight is 604 g/mol. The fourth-order valence-electron chi connectivity index (χ4n) is 7.06. The number of nitrogens with two attached hydrogens (primary N) is 1. The molecule has 0 radical (unpaired) electrons. The lowest BCUT2D eigenvalue weighted by Gasteiger charge is -2.19. The third kappa shape index (κ3) is 5.16. The first-order valence-electron chi connectivity index (χ1n) is 16.1. The van der Waals surface area contributed by atoms with Gasteiger partial charge in [0.2, 0.25) is 0 Å². The van der Waals surface area contributed by atoms with E-state index in [4.69, 9.17) is 5.73 Å². The fourth-order valence-corrected chi connectivity index (χ4v) is 7.06. The van der Waals surface area contributed by atoms with Crippen LogP contribution in [0.3, 0.4) is 0 Å². The Balaban J connectivity index is 0.00000172. The SMILES string of the molecule is C/C=C(\N)c1cccc(-c2cccc3c(-c4c5ccccc5c(-c5ccc6cc(C)ccc6c5)c5ccccc45)cccc23)c1.C=C. The van der Waals surface area contributed by atoms with Crippen molar-refractivity contribution >= 4 is 48.8 Å². The molecule has 8 aromatic carbocycles. The molecule has 0 unspecified atom stereocenters. The van der Waals surface area contributed by atoms with E-state index in [1.54, 1.807) is 0 Å². The van der Waals surface area contributed by atoms with Gasteiger partial charge in [0.1, 0.15) is 0 Å². The summed E-state index contributed by atoms with van der Waals surface area (Å²) in [6, 6.07) is 53.4. The van der Waals surface area contributed by atoms with Gasteiger partial charge in [0.05, 0.1) is 0 Å². The van der Waals surface area contributed by atoms with Crippen molar-refractivity contribution in [3.05, 3.63) is 176 Å². The van der Waals surface area contributed by atoms with Gasteiger partial charge < -0.3 is 5.73 Å². The Morgan fingerprint density at radius 3 is 1.68 bits per heavy atom. The Labute approximate surface area is 276 Å². The van der Waals surface area contributed by atoms with E-state index >= 15 is 0 Å². The molecular formula is C46H37N. The Morgan fingerprint density at radius 1 is 0.489 bits per heavy atom. The highest BCUT2D eigenvalue weighted by molar-refractivity contribution is 6.24. The van der Waals surface area contributed by atoms with E-state index in [0.717, 1.165) is 16.8 Å². The van der Waals surface area contributed by atoms with Crippen molar-refractivity contribution in [2.45, 2.75) is 13.8 Å². The zero-order valence-electron chi connectivity index (χ0n) is 26.9. The number of hydrogen-bond acceptors (Lipinski definition) is 1. The van der Waals surface area contributed by atoms with Gasteiger partial charge in [-0.25, -0.2) is 0 Å². The van der Waals surface area contributed by atoms with E-state index in [1.165, 1.54) is 76.5 Å². The van der Waals surface area contributed by atoms with Crippen LogP contribution in [-0.2, 0) is 0 Å². The Bertz CT molecular complexity index is 2420. The van der Waals surface area contributed by atoms with E-state index in [-0.39, 0.29) is 0 Å². The number of fused-ring (bicyclic) bond motifs is 4. The highest BCUT2D eigenvalue weighted by atomic mass is 14.6. The standard InChI is InChI=1S/C44H33N.C2H4/c1-3-42(45)32-12-8-11-31(27-32)34-17-9-19-36-35(34)18-10-20-37(36)44-40-15-6-4-13-38(40)43(39-14-5-7-16-41(39)44)33-24-23-29-25-28(2)21-22-30(29)26-33;1-2/h3-27H,45H2,1-2H3;1-2H2/b42-3-;. The third-order valence-electron chi connectivity index (χ3n) is 9.23. The highest BCUT2D eigenvalue weighted by Crippen LogP contribution is 2.46. The Kier molecular flexibility index (Phi) is 7.90. The maximum Gasteiger partial charge on any atom is 0.0344 e. The minimum absolute atomic E-state index is 0.789. The lowest BCUT2D eigenvalue weighted by atomic mass is 9.84. The summed E-state index contributed by atoms with van der Waals surface area (Å²) in [5.74, 6) is 0. The van der Waals surface area contributed by atoms with Gasteiger partial charge in [-0.1, -0.05) is 145 Å². The molecule has 0 spiro atoms. The van der Waals surface area contributed by atoms with Gasteiger partial charge in [0.15, 0.2) is 0 Å². The molecular weight excluding hydrogens is 567 g/mol. The summed E-state index contributed by atoms with van der Waals surface area (Å²) in [6.07, 6.45) is 1.96. The molecule has 8 aromatic rings. The van der Waals surface area contributed by atoms with Crippen LogP contribution in [-0.4, -0.2) is 0 Å². The maximum atomic E-state index is 6.31. The minimum atomic E-state index is 0.789. The molecule has 0 saturated carbocycles. The van der Waals surface area contributed by atoms with Gasteiger partial charge in [-0.15, -0.1) is 13.2 Å². The summed E-state index contributed by atoms with van der Waals surface area (Å²) < 4.78 is 0. The second-order valence-electron chi connectivity index (χ2n) is 11.9. The molecule has 47 heavy (non-hydrogen) atoms. The van der Waals surface area contributed by atoms with E-state index in [0.29, 0.717) is 0 Å². The highest BCUT2D eigenvalue weighted by Gasteiger charge is 2.18. The average Bonchev–Trinajstić information content (AvgIpc) is 3.13. The van der Waals surface area contributed by atoms with E-state index in [2.05, 4.69) is 166 Å². The molecule has 0 aliphatic carbocycles. The van der Waals surface area contributed by atoms with Crippen molar-refractivity contribution in [3.8, 4) is 33.4 Å². The van der Waals surface area contributed by atoms with Gasteiger partial charge in [-0.05, 0) is 108 Å². The molecule has 0 aromatic heterocycles. The molecule has 0 heterocycles. The van der Waals surface area contributed by atoms with Crippen molar-refractivity contribution in [1.29, 1.82) is 0 Å². The van der Waals surface area contributed by atoms with E-state index in [1.807, 2.05) is 13.0 Å². The monoisotopic (exact) mass is 603 g/mol. The molecule has 0 atom stereocenters. The van der Waals surface area contributed by atoms with Crippen molar-refractivity contribution < 1.29 is 0 Å². The molecule has 0 aliphatic heterocycles. The largest absolute Gasteiger partial charge is 0.399 e. The lowest BCUT2D eigenvalue weighted by molar-refractivity contribution is 1.49. The van der Waals surface area contributed by atoms with Gasteiger partial charge in [0, 0.05) is 5.70 Å². The predicted octanol–water partition coefficient (Wildman–Crippen LogP) is 12.7. The van der Waals surface area contributed by atoms with Crippen molar-refractivity contribution in [3.63, 3.8) is 0 Å². The number of aryl methyl sites for hydroxylation is 1. The zero-order valence-corrected chi connectivity index (χ0v) is 26.9. The van der Waals surface area contributed by atoms with Crippen LogP contribution >= 0.6 is 0 Å². The predicted molar refractivity (Wildman–Crippen MR) is 207 cm³/mol. The van der Waals surface area contributed by atoms with E-state index in [9.17, 15) is 0 Å². The minimum Gasteiger partial charge on any atom is -0.399 e. The quantitative estimate of drug-likeness (QED) is 0.157. The lowest BCUT2D eigenvalue weighted by Crippen LogP contribution is -1.95. The molecule has 1 heteroatoms. The van der Waals surface area contributed by atoms with Crippen LogP contribution < -0.4 is 5.73 Å². The van der Waals surface area contributed by atoms with Crippen LogP contribution in [0.2, 0.25) is 0 Å². The van der Waals surface area contributed by atoms with Gasteiger partial charge in [0.25, 0.3) is 0 Å². The summed E-state index contributed by atoms with van der Waals surface area (Å²) >= 11 is 0. The second kappa shape index (κ2) is 12.5. The smallest absolute Gasteiger partial charge is 0.0344 e. The molecule has 0 saturated heterocycles. The Hall–Kier alpha value is -5.92. The first kappa shape index (κ1) is 29.8. The molecule has 0 aliphatic rings. The summed E-state index contributed by atoms with van der Waals surface area (Å²) in [4.78, 5) is 0. The van der Waals surface area contributed by atoms with Gasteiger partial charge in [-0.2, -0.15) is 0 Å². The number of benzene rings is 8. The molecule has 226 valence electrons. The van der Waals surface area contributed by atoms with E-state index < -0.39 is 0 Å². The summed E-state index contributed by atoms with van der Waals surface area (Å²) in [5, 5.41) is 10.1. The van der Waals surface area contributed by atoms with Crippen molar-refractivity contribution in [1.82, 2.24) is 0 Å². The van der Waals surface area contributed by atoms with Crippen LogP contribution in [0.1, 0.15) is 18.1 Å². The first-order valence-corrected chi connectivity index (χ1v) is 16.1. The summed E-state index contributed by atoms with van der Waals surface area (Å²) in [5.41, 5.74) is 16.8. The second-order valence-corrected chi connectivity index (χ2v) is 11.9. The van der Waals surface area contributed by atoms with Crippen molar-refractivity contribution in [2.24, 2.45) is 5.73 Å². The summed E-state index contributed by atoms with van der Waals surface area (Å²) in [6.45, 7) is 10.1. The molecule has 2 N–H and O–H groups in total. The van der Waals surface area contributed by atoms with Gasteiger partial charge in [-0.3, -0.25) is 0 Å². The number of hydrogen-bond donors (Lipinski definition) is 1.